The van der Waals surface area contributed by atoms with E-state index in [1.165, 1.54) is 18.5 Å². The Hall–Kier alpha value is -4.28. The molecule has 0 unspecified atom stereocenters. The third-order valence-electron chi connectivity index (χ3n) is 6.43. The number of Topliss-reactive ketones (excluding diaryl/α,β-unsaturated/α-hetero) is 1. The van der Waals surface area contributed by atoms with Gasteiger partial charge in [-0.15, -0.1) is 0 Å². The van der Waals surface area contributed by atoms with Crippen molar-refractivity contribution < 1.29 is 14.3 Å². The monoisotopic (exact) mass is 504 g/mol. The summed E-state index contributed by atoms with van der Waals surface area (Å²) in [5, 5.41) is 4.41. The highest BCUT2D eigenvalue weighted by atomic mass is 16.5. The van der Waals surface area contributed by atoms with Crippen molar-refractivity contribution in [3.8, 4) is 22.6 Å². The number of hydrogen-bond acceptors (Lipinski definition) is 8. The molecule has 0 aliphatic rings. The minimum Gasteiger partial charge on any atom is -0.453 e. The maximum absolute atomic E-state index is 12.6. The molecule has 4 aromatic rings. The Morgan fingerprint density at radius 2 is 2.03 bits per heavy atom. The minimum absolute atomic E-state index is 0.0609. The number of rotatable bonds is 10. The van der Waals surface area contributed by atoms with Crippen LogP contribution in [0.15, 0.2) is 36.9 Å². The van der Waals surface area contributed by atoms with Crippen LogP contribution in [-0.2, 0) is 11.2 Å². The van der Waals surface area contributed by atoms with Crippen LogP contribution in [0.2, 0.25) is 0 Å². The van der Waals surface area contributed by atoms with Gasteiger partial charge in [-0.05, 0) is 38.7 Å². The number of aryl methyl sites for hydroxylation is 1. The average molecular weight is 505 g/mol. The van der Waals surface area contributed by atoms with Gasteiger partial charge in [-0.25, -0.2) is 14.8 Å². The number of fused-ring (bicyclic) bond motifs is 1. The van der Waals surface area contributed by atoms with Gasteiger partial charge in [0.25, 0.3) is 0 Å². The highest BCUT2D eigenvalue weighted by Gasteiger charge is 2.25. The molecule has 4 aromatic heterocycles. The van der Waals surface area contributed by atoms with Gasteiger partial charge in [0.2, 0.25) is 0 Å². The van der Waals surface area contributed by atoms with Crippen LogP contribution >= 0.6 is 0 Å². The molecule has 0 saturated heterocycles. The van der Waals surface area contributed by atoms with Gasteiger partial charge in [-0.2, -0.15) is 9.61 Å². The SMILES string of the molecule is CCCN(C(=O)OC)[C@H](CC)CCc1nc2c(-c3ccc(-c4ncc[nH]4)nc3)cnn2c(N)c1C(C)=O. The maximum Gasteiger partial charge on any atom is 0.409 e. The second kappa shape index (κ2) is 11.2. The van der Waals surface area contributed by atoms with Crippen LogP contribution in [0.4, 0.5) is 10.6 Å². The number of amides is 1. The summed E-state index contributed by atoms with van der Waals surface area (Å²) in [6.45, 7) is 6.11. The molecular weight excluding hydrogens is 472 g/mol. The smallest absolute Gasteiger partial charge is 0.409 e. The van der Waals surface area contributed by atoms with E-state index in [2.05, 4.69) is 20.1 Å². The Bertz CT molecular complexity index is 1380. The van der Waals surface area contributed by atoms with Crippen LogP contribution in [0.3, 0.4) is 0 Å². The van der Waals surface area contributed by atoms with Gasteiger partial charge >= 0.3 is 6.09 Å². The maximum atomic E-state index is 12.6. The molecule has 4 heterocycles. The van der Waals surface area contributed by atoms with E-state index in [0.29, 0.717) is 47.8 Å². The van der Waals surface area contributed by atoms with Crippen LogP contribution in [0.1, 0.15) is 56.1 Å². The molecule has 37 heavy (non-hydrogen) atoms. The molecule has 0 fully saturated rings. The van der Waals surface area contributed by atoms with E-state index in [4.69, 9.17) is 15.5 Å². The van der Waals surface area contributed by atoms with Crippen LogP contribution in [-0.4, -0.2) is 66.0 Å². The Balaban J connectivity index is 1.70. The van der Waals surface area contributed by atoms with Gasteiger partial charge in [-0.1, -0.05) is 19.9 Å². The first-order valence-corrected chi connectivity index (χ1v) is 12.4. The number of imidazole rings is 1. The lowest BCUT2D eigenvalue weighted by molar-refractivity contribution is 0.0993. The predicted molar refractivity (Wildman–Crippen MR) is 140 cm³/mol. The largest absolute Gasteiger partial charge is 0.453 e. The van der Waals surface area contributed by atoms with E-state index in [9.17, 15) is 9.59 Å². The van der Waals surface area contributed by atoms with Crippen LogP contribution in [0.25, 0.3) is 28.3 Å². The molecule has 0 saturated carbocycles. The number of aromatic amines is 1. The molecule has 0 bridgehead atoms. The van der Waals surface area contributed by atoms with Gasteiger partial charge < -0.3 is 20.4 Å². The summed E-state index contributed by atoms with van der Waals surface area (Å²) in [4.78, 5) is 43.4. The van der Waals surface area contributed by atoms with Crippen molar-refractivity contribution in [3.05, 3.63) is 48.2 Å². The first-order chi connectivity index (χ1) is 17.9. The number of ketones is 1. The van der Waals surface area contributed by atoms with Crippen molar-refractivity contribution in [3.63, 3.8) is 0 Å². The number of ether oxygens (including phenoxy) is 1. The number of pyridine rings is 1. The lowest BCUT2D eigenvalue weighted by Crippen LogP contribution is -2.41. The Labute approximate surface area is 215 Å². The topological polar surface area (TPSA) is 144 Å². The quantitative estimate of drug-likeness (QED) is 0.306. The third-order valence-corrected chi connectivity index (χ3v) is 6.43. The fourth-order valence-electron chi connectivity index (χ4n) is 4.59. The van der Waals surface area contributed by atoms with Crippen molar-refractivity contribution in [2.24, 2.45) is 0 Å². The Morgan fingerprint density at radius 1 is 1.22 bits per heavy atom. The van der Waals surface area contributed by atoms with E-state index in [1.54, 1.807) is 29.7 Å². The van der Waals surface area contributed by atoms with Gasteiger partial charge in [-0.3, -0.25) is 9.78 Å². The van der Waals surface area contributed by atoms with E-state index in [1.807, 2.05) is 26.0 Å². The number of carbonyl (C=O) groups excluding carboxylic acids is 2. The van der Waals surface area contributed by atoms with Crippen molar-refractivity contribution in [2.75, 3.05) is 19.4 Å². The van der Waals surface area contributed by atoms with Crippen molar-refractivity contribution >= 4 is 23.3 Å². The molecule has 0 aromatic carbocycles. The first kappa shape index (κ1) is 25.8. The fraction of sp³-hybridized carbons (Fsp3) is 0.385. The molecule has 1 amide bonds. The molecule has 3 N–H and O–H groups in total. The van der Waals surface area contributed by atoms with Gasteiger partial charge in [0.15, 0.2) is 17.3 Å². The molecule has 0 aliphatic carbocycles. The summed E-state index contributed by atoms with van der Waals surface area (Å²) in [5.74, 6) is 0.733. The van der Waals surface area contributed by atoms with Gasteiger partial charge in [0, 0.05) is 42.3 Å². The fourth-order valence-corrected chi connectivity index (χ4v) is 4.59. The minimum atomic E-state index is -0.355. The number of H-pyrrole nitrogens is 1. The number of anilines is 1. The van der Waals surface area contributed by atoms with Crippen LogP contribution < -0.4 is 5.73 Å². The molecule has 0 aliphatic heterocycles. The number of methoxy groups -OCH3 is 1. The molecular formula is C26H32N8O3. The van der Waals surface area contributed by atoms with Crippen LogP contribution in [0.5, 0.6) is 0 Å². The number of hydrogen-bond donors (Lipinski definition) is 2. The molecule has 4 rings (SSSR count). The number of nitrogens with one attached hydrogen (secondary N) is 1. The van der Waals surface area contributed by atoms with E-state index < -0.39 is 0 Å². The predicted octanol–water partition coefficient (Wildman–Crippen LogP) is 4.16. The molecule has 11 heteroatoms. The highest BCUT2D eigenvalue weighted by molar-refractivity contribution is 6.00. The van der Waals surface area contributed by atoms with Crippen molar-refractivity contribution in [1.29, 1.82) is 0 Å². The standard InChI is InChI=1S/C26H32N8O3/c1-5-13-33(26(36)37-4)18(6-2)8-10-20-22(16(3)35)23(27)34-25(32-20)19(15-31-34)17-7-9-21(30-14-17)24-28-11-12-29-24/h7,9,11-12,14-15,18H,5-6,8,10,13,27H2,1-4H3,(H,28,29)/t18-/m1/s1. The Morgan fingerprint density at radius 3 is 2.62 bits per heavy atom. The summed E-state index contributed by atoms with van der Waals surface area (Å²) < 4.78 is 6.49. The summed E-state index contributed by atoms with van der Waals surface area (Å²) >= 11 is 0. The van der Waals surface area contributed by atoms with E-state index >= 15 is 0 Å². The number of carbonyl (C=O) groups is 2. The first-order valence-electron chi connectivity index (χ1n) is 12.4. The van der Waals surface area contributed by atoms with E-state index in [-0.39, 0.29) is 23.7 Å². The third kappa shape index (κ3) is 5.16. The zero-order valence-corrected chi connectivity index (χ0v) is 21.6. The number of nitrogens with two attached hydrogens (primary N) is 1. The van der Waals surface area contributed by atoms with Crippen LogP contribution in [0, 0.1) is 0 Å². The highest BCUT2D eigenvalue weighted by Crippen LogP contribution is 2.29. The average Bonchev–Trinajstić information content (AvgIpc) is 3.58. The number of nitrogens with zero attached hydrogens (tertiary/aromatic N) is 6. The molecule has 11 nitrogen and oxygen atoms in total. The summed E-state index contributed by atoms with van der Waals surface area (Å²) in [6, 6.07) is 3.73. The number of aromatic nitrogens is 6. The van der Waals surface area contributed by atoms with Gasteiger partial charge in [0.1, 0.15) is 11.5 Å². The molecule has 0 radical (unpaired) electrons. The molecule has 0 spiro atoms. The Kier molecular flexibility index (Phi) is 7.80. The second-order valence-electron chi connectivity index (χ2n) is 8.80. The van der Waals surface area contributed by atoms with Crippen molar-refractivity contribution in [2.45, 2.75) is 52.5 Å². The summed E-state index contributed by atoms with van der Waals surface area (Å²) in [5.41, 5.74) is 10.2. The number of nitrogen functional groups attached to an aromatic ring is 1. The second-order valence-corrected chi connectivity index (χ2v) is 8.80. The molecule has 1 atom stereocenters. The van der Waals surface area contributed by atoms with Gasteiger partial charge in [0.05, 0.1) is 24.6 Å². The summed E-state index contributed by atoms with van der Waals surface area (Å²) in [7, 11) is 1.39. The lowest BCUT2D eigenvalue weighted by Gasteiger charge is -2.29. The van der Waals surface area contributed by atoms with Crippen molar-refractivity contribution in [1.82, 2.24) is 34.4 Å². The zero-order chi connectivity index (χ0) is 26.5. The zero-order valence-electron chi connectivity index (χ0n) is 21.6. The summed E-state index contributed by atoms with van der Waals surface area (Å²) in [6.07, 6.45) is 9.10. The van der Waals surface area contributed by atoms with E-state index in [0.717, 1.165) is 24.0 Å². The lowest BCUT2D eigenvalue weighted by atomic mass is 10.0. The normalized spacial score (nSPS) is 12.0. The molecule has 194 valence electrons.